The Labute approximate surface area is 121 Å². The van der Waals surface area contributed by atoms with Gasteiger partial charge in [0, 0.05) is 13.5 Å². The maximum atomic E-state index is 10.7. The predicted molar refractivity (Wildman–Crippen MR) is 77.6 cm³/mol. The van der Waals surface area contributed by atoms with Crippen LogP contribution in [-0.2, 0) is 11.2 Å². The van der Waals surface area contributed by atoms with E-state index in [1.54, 1.807) is 14.2 Å². The normalized spacial score (nSPS) is 10.1. The lowest BCUT2D eigenvalue weighted by molar-refractivity contribution is -0.119. The molecule has 0 spiro atoms. The first kappa shape index (κ1) is 15.8. The molecule has 0 unspecified atom stereocenters. The Morgan fingerprint density at radius 3 is 2.53 bits per heavy atom. The van der Waals surface area contributed by atoms with Crippen molar-refractivity contribution in [2.45, 2.75) is 13.3 Å². The Morgan fingerprint density at radius 1 is 1.26 bits per heavy atom. The monoisotopic (exact) mass is 330 g/mol. The Morgan fingerprint density at radius 2 is 1.95 bits per heavy atom. The molecule has 0 aliphatic carbocycles. The van der Waals surface area contributed by atoms with Crippen LogP contribution < -0.4 is 20.1 Å². The first-order valence-electron chi connectivity index (χ1n) is 5.94. The molecule has 0 fully saturated rings. The zero-order chi connectivity index (χ0) is 14.3. The average molecular weight is 331 g/mol. The number of hydrogen-bond donors (Lipinski definition) is 2. The molecule has 1 aromatic carbocycles. The van der Waals surface area contributed by atoms with Crippen LogP contribution in [0.15, 0.2) is 16.6 Å². The third-order valence-corrected chi connectivity index (χ3v) is 3.21. The highest BCUT2D eigenvalue weighted by Gasteiger charge is 2.09. The maximum Gasteiger partial charge on any atom is 0.217 e. The average Bonchev–Trinajstić information content (AvgIpc) is 2.38. The minimum Gasteiger partial charge on any atom is -0.496 e. The van der Waals surface area contributed by atoms with E-state index in [1.807, 2.05) is 12.1 Å². The summed E-state index contributed by atoms with van der Waals surface area (Å²) in [6.45, 7) is 2.69. The molecule has 0 heterocycles. The molecular formula is C13H19BrN2O3. The van der Waals surface area contributed by atoms with Gasteiger partial charge in [-0.1, -0.05) is 0 Å². The molecule has 0 aromatic heterocycles. The Hall–Kier alpha value is -1.27. The molecule has 0 bridgehead atoms. The van der Waals surface area contributed by atoms with Crippen LogP contribution in [0.1, 0.15) is 12.5 Å². The Kier molecular flexibility index (Phi) is 6.66. The summed E-state index contributed by atoms with van der Waals surface area (Å²) < 4.78 is 11.5. The quantitative estimate of drug-likeness (QED) is 0.590. The number of nitrogens with one attached hydrogen (secondary N) is 2. The predicted octanol–water partition coefficient (Wildman–Crippen LogP) is 1.69. The van der Waals surface area contributed by atoms with Gasteiger partial charge >= 0.3 is 0 Å². The highest BCUT2D eigenvalue weighted by Crippen LogP contribution is 2.32. The van der Waals surface area contributed by atoms with E-state index < -0.39 is 0 Å². The van der Waals surface area contributed by atoms with Gasteiger partial charge in [-0.05, 0) is 40.0 Å². The van der Waals surface area contributed by atoms with Crippen molar-refractivity contribution >= 4 is 21.8 Å². The van der Waals surface area contributed by atoms with Gasteiger partial charge in [0.1, 0.15) is 11.5 Å². The molecule has 6 heteroatoms. The van der Waals surface area contributed by atoms with Crippen molar-refractivity contribution in [3.63, 3.8) is 0 Å². The zero-order valence-electron chi connectivity index (χ0n) is 11.4. The van der Waals surface area contributed by atoms with Crippen LogP contribution >= 0.6 is 15.9 Å². The molecule has 0 atom stereocenters. The minimum atomic E-state index is -0.0459. The zero-order valence-corrected chi connectivity index (χ0v) is 13.0. The van der Waals surface area contributed by atoms with Gasteiger partial charge in [0.05, 0.1) is 25.4 Å². The van der Waals surface area contributed by atoms with E-state index in [-0.39, 0.29) is 5.91 Å². The molecule has 2 N–H and O–H groups in total. The molecule has 0 saturated carbocycles. The number of amides is 1. The highest BCUT2D eigenvalue weighted by molar-refractivity contribution is 9.10. The van der Waals surface area contributed by atoms with Crippen LogP contribution in [0, 0.1) is 0 Å². The van der Waals surface area contributed by atoms with Crippen molar-refractivity contribution in [1.82, 2.24) is 10.6 Å². The second-order valence-corrected chi connectivity index (χ2v) is 4.81. The first-order chi connectivity index (χ1) is 9.08. The van der Waals surface area contributed by atoms with E-state index in [0.29, 0.717) is 6.67 Å². The summed E-state index contributed by atoms with van der Waals surface area (Å²) in [7, 11) is 3.27. The van der Waals surface area contributed by atoms with Gasteiger partial charge in [-0.25, -0.2) is 0 Å². The third-order valence-electron chi connectivity index (χ3n) is 2.59. The summed E-state index contributed by atoms with van der Waals surface area (Å²) in [6, 6.07) is 3.84. The van der Waals surface area contributed by atoms with Crippen LogP contribution in [0.2, 0.25) is 0 Å². The number of carbonyl (C=O) groups is 1. The number of carbonyl (C=O) groups excluding carboxylic acids is 1. The van der Waals surface area contributed by atoms with Crippen LogP contribution in [0.3, 0.4) is 0 Å². The summed E-state index contributed by atoms with van der Waals surface area (Å²) in [6.07, 6.45) is 0.784. The summed E-state index contributed by atoms with van der Waals surface area (Å²) in [5.74, 6) is 1.54. The summed E-state index contributed by atoms with van der Waals surface area (Å²) in [5.41, 5.74) is 1.05. The molecule has 0 aliphatic heterocycles. The molecule has 19 heavy (non-hydrogen) atoms. The fourth-order valence-electron chi connectivity index (χ4n) is 1.62. The lowest BCUT2D eigenvalue weighted by atomic mass is 10.1. The van der Waals surface area contributed by atoms with Gasteiger partial charge < -0.3 is 14.8 Å². The van der Waals surface area contributed by atoms with Crippen molar-refractivity contribution < 1.29 is 14.3 Å². The fourth-order valence-corrected chi connectivity index (χ4v) is 2.10. The second-order valence-electron chi connectivity index (χ2n) is 3.96. The fraction of sp³-hybridized carbons (Fsp3) is 0.462. The largest absolute Gasteiger partial charge is 0.496 e. The van der Waals surface area contributed by atoms with E-state index in [2.05, 4.69) is 26.6 Å². The molecule has 0 aliphatic rings. The maximum absolute atomic E-state index is 10.7. The lowest BCUT2D eigenvalue weighted by Gasteiger charge is -2.12. The molecule has 1 aromatic rings. The SMILES string of the molecule is COc1cc(CCNCNC(C)=O)c(OC)cc1Br. The molecule has 5 nitrogen and oxygen atoms in total. The second kappa shape index (κ2) is 8.01. The van der Waals surface area contributed by atoms with Crippen molar-refractivity contribution in [2.75, 3.05) is 27.4 Å². The van der Waals surface area contributed by atoms with Gasteiger partial charge in [-0.2, -0.15) is 0 Å². The summed E-state index contributed by atoms with van der Waals surface area (Å²) >= 11 is 3.42. The number of methoxy groups -OCH3 is 2. The highest BCUT2D eigenvalue weighted by atomic mass is 79.9. The van der Waals surface area contributed by atoms with Crippen molar-refractivity contribution in [1.29, 1.82) is 0 Å². The van der Waals surface area contributed by atoms with Gasteiger partial charge in [-0.3, -0.25) is 10.1 Å². The van der Waals surface area contributed by atoms with Gasteiger partial charge in [0.15, 0.2) is 0 Å². The molecule has 106 valence electrons. The molecule has 0 radical (unpaired) electrons. The first-order valence-corrected chi connectivity index (χ1v) is 6.73. The van der Waals surface area contributed by atoms with Crippen LogP contribution in [-0.4, -0.2) is 33.3 Å². The van der Waals surface area contributed by atoms with Gasteiger partial charge in [-0.15, -0.1) is 0 Å². The van der Waals surface area contributed by atoms with Crippen LogP contribution in [0.25, 0.3) is 0 Å². The molecule has 1 amide bonds. The van der Waals surface area contributed by atoms with Crippen LogP contribution in [0.5, 0.6) is 11.5 Å². The van der Waals surface area contributed by atoms with E-state index >= 15 is 0 Å². The Balaban J connectivity index is 2.58. The number of rotatable bonds is 7. The minimum absolute atomic E-state index is 0.0459. The van der Waals surface area contributed by atoms with Crippen LogP contribution in [0.4, 0.5) is 0 Å². The van der Waals surface area contributed by atoms with Crippen molar-refractivity contribution in [3.8, 4) is 11.5 Å². The van der Waals surface area contributed by atoms with Crippen molar-refractivity contribution in [2.24, 2.45) is 0 Å². The molecule has 0 saturated heterocycles. The summed E-state index contributed by atoms with van der Waals surface area (Å²) in [4.78, 5) is 10.7. The number of ether oxygens (including phenoxy) is 2. The van der Waals surface area contributed by atoms with E-state index in [0.717, 1.165) is 34.5 Å². The van der Waals surface area contributed by atoms with E-state index in [1.165, 1.54) is 6.92 Å². The van der Waals surface area contributed by atoms with Gasteiger partial charge in [0.25, 0.3) is 0 Å². The smallest absolute Gasteiger partial charge is 0.217 e. The number of hydrogen-bond acceptors (Lipinski definition) is 4. The number of halogens is 1. The standard InChI is InChI=1S/C13H19BrN2O3/c1-9(17)16-8-15-5-4-10-6-13(19-3)11(14)7-12(10)18-2/h6-7,15H,4-5,8H2,1-3H3,(H,16,17). The molecular weight excluding hydrogens is 312 g/mol. The summed E-state index contributed by atoms with van der Waals surface area (Å²) in [5, 5.41) is 5.81. The third kappa shape index (κ3) is 5.08. The Bertz CT molecular complexity index is 438. The van der Waals surface area contributed by atoms with E-state index in [9.17, 15) is 4.79 Å². The van der Waals surface area contributed by atoms with Crippen molar-refractivity contribution in [3.05, 3.63) is 22.2 Å². The lowest BCUT2D eigenvalue weighted by Crippen LogP contribution is -2.33. The van der Waals surface area contributed by atoms with E-state index in [4.69, 9.17) is 9.47 Å². The molecule has 1 rings (SSSR count). The topological polar surface area (TPSA) is 59.6 Å². The van der Waals surface area contributed by atoms with Gasteiger partial charge in [0.2, 0.25) is 5.91 Å². The number of benzene rings is 1.